The molecule has 13 aromatic carbocycles. The monoisotopic (exact) mass is 1160 g/mol. The van der Waals surface area contributed by atoms with Gasteiger partial charge in [0.2, 0.25) is 0 Å². The van der Waals surface area contributed by atoms with Gasteiger partial charge in [-0.1, -0.05) is 236 Å². The number of rotatable bonds is 16. The normalized spacial score (nSPS) is 11.4. The van der Waals surface area contributed by atoms with E-state index in [1.165, 1.54) is 22.3 Å². The van der Waals surface area contributed by atoms with Crippen molar-refractivity contribution in [3.8, 4) is 44.5 Å². The molecule has 0 radical (unpaired) electrons. The highest BCUT2D eigenvalue weighted by Gasteiger charge is 2.21. The lowest BCUT2D eigenvalue weighted by molar-refractivity contribution is 0.590. The molecule has 0 saturated carbocycles. The summed E-state index contributed by atoms with van der Waals surface area (Å²) in [6.07, 6.45) is 0. The number of hydrogen-bond acceptors (Lipinski definition) is 4. The summed E-state index contributed by atoms with van der Waals surface area (Å²) in [5.41, 5.74) is 25.4. The molecular weight excluding hydrogens is 1090 g/mol. The molecule has 90 heavy (non-hydrogen) atoms. The van der Waals surface area contributed by atoms with Gasteiger partial charge in [-0.3, -0.25) is 0 Å². The minimum Gasteiger partial charge on any atom is -0.311 e. The summed E-state index contributed by atoms with van der Waals surface area (Å²) in [5.74, 6) is 0. The average molecular weight is 1160 g/mol. The van der Waals surface area contributed by atoms with Crippen molar-refractivity contribution in [1.29, 1.82) is 0 Å². The third-order valence-electron chi connectivity index (χ3n) is 17.0. The van der Waals surface area contributed by atoms with Crippen molar-refractivity contribution < 1.29 is 0 Å². The maximum atomic E-state index is 2.33. The zero-order chi connectivity index (χ0) is 61.6. The average Bonchev–Trinajstić information content (AvgIpc) is 1.16. The Morgan fingerprint density at radius 2 is 0.267 bits per heavy atom. The van der Waals surface area contributed by atoms with Gasteiger partial charge in [0.25, 0.3) is 0 Å². The Morgan fingerprint density at radius 1 is 0.144 bits per heavy atom. The smallest absolute Gasteiger partial charge is 0.0462 e. The first kappa shape index (κ1) is 58.1. The molecule has 0 bridgehead atoms. The second-order valence-corrected chi connectivity index (χ2v) is 25.1. The van der Waals surface area contributed by atoms with E-state index in [9.17, 15) is 0 Å². The quantitative estimate of drug-likeness (QED) is 0.0956. The van der Waals surface area contributed by atoms with E-state index < -0.39 is 0 Å². The Kier molecular flexibility index (Phi) is 16.4. The van der Waals surface area contributed by atoms with Crippen molar-refractivity contribution in [3.63, 3.8) is 0 Å². The van der Waals surface area contributed by atoms with Crippen LogP contribution in [0.1, 0.15) is 52.7 Å². The largest absolute Gasteiger partial charge is 0.311 e. The maximum absolute atomic E-state index is 2.33. The number of hydrogen-bond donors (Lipinski definition) is 0. The molecule has 0 N–H and O–H groups in total. The molecule has 0 unspecified atom stereocenters. The van der Waals surface area contributed by atoms with Crippen LogP contribution in [0.4, 0.5) is 68.2 Å². The van der Waals surface area contributed by atoms with Gasteiger partial charge in [0.05, 0.1) is 0 Å². The molecule has 0 atom stereocenters. The van der Waals surface area contributed by atoms with Gasteiger partial charge in [-0.25, -0.2) is 0 Å². The molecule has 0 aliphatic carbocycles. The van der Waals surface area contributed by atoms with Gasteiger partial charge in [-0.05, 0) is 212 Å². The number of para-hydroxylation sites is 4. The van der Waals surface area contributed by atoms with E-state index in [-0.39, 0.29) is 10.8 Å². The molecule has 4 nitrogen and oxygen atoms in total. The van der Waals surface area contributed by atoms with Crippen LogP contribution in [0.3, 0.4) is 0 Å². The summed E-state index contributed by atoms with van der Waals surface area (Å²) in [7, 11) is 0. The van der Waals surface area contributed by atoms with Gasteiger partial charge >= 0.3 is 0 Å². The Bertz CT molecular complexity index is 4130. The first-order chi connectivity index (χ1) is 43.9. The van der Waals surface area contributed by atoms with Crippen molar-refractivity contribution in [2.45, 2.75) is 52.4 Å². The van der Waals surface area contributed by atoms with Gasteiger partial charge in [-0.15, -0.1) is 0 Å². The third-order valence-corrected chi connectivity index (χ3v) is 17.0. The summed E-state index contributed by atoms with van der Waals surface area (Å²) in [6, 6.07) is 123. The van der Waals surface area contributed by atoms with Crippen molar-refractivity contribution in [2.75, 3.05) is 19.6 Å². The second kappa shape index (κ2) is 25.4. The molecule has 0 aliphatic heterocycles. The molecular formula is C86H74N4. The molecule has 0 fully saturated rings. The number of benzene rings is 13. The van der Waals surface area contributed by atoms with Crippen LogP contribution < -0.4 is 19.6 Å². The van der Waals surface area contributed by atoms with Crippen LogP contribution in [0.5, 0.6) is 0 Å². The van der Waals surface area contributed by atoms with Crippen molar-refractivity contribution in [1.82, 2.24) is 0 Å². The molecule has 0 heterocycles. The fourth-order valence-electron chi connectivity index (χ4n) is 12.0. The molecule has 0 saturated heterocycles. The van der Waals surface area contributed by atoms with Crippen LogP contribution in [0.2, 0.25) is 0 Å². The van der Waals surface area contributed by atoms with E-state index >= 15 is 0 Å². The van der Waals surface area contributed by atoms with Gasteiger partial charge < -0.3 is 19.6 Å². The maximum Gasteiger partial charge on any atom is 0.0462 e. The first-order valence-corrected chi connectivity index (χ1v) is 31.2. The Morgan fingerprint density at radius 3 is 0.411 bits per heavy atom. The molecule has 438 valence electrons. The molecule has 13 aromatic rings. The number of nitrogens with zero attached hydrogens (tertiary/aromatic N) is 4. The van der Waals surface area contributed by atoms with Gasteiger partial charge in [0.1, 0.15) is 0 Å². The van der Waals surface area contributed by atoms with Crippen LogP contribution in [0.25, 0.3) is 44.5 Å². The van der Waals surface area contributed by atoms with Crippen LogP contribution >= 0.6 is 0 Å². The Balaban J connectivity index is 0.697. The third kappa shape index (κ3) is 12.7. The summed E-state index contributed by atoms with van der Waals surface area (Å²) in [4.78, 5) is 9.31. The molecule has 0 aromatic heterocycles. The summed E-state index contributed by atoms with van der Waals surface area (Å²) >= 11 is 0. The molecule has 0 spiro atoms. The lowest BCUT2D eigenvalue weighted by Crippen LogP contribution is -2.13. The van der Waals surface area contributed by atoms with E-state index in [0.29, 0.717) is 0 Å². The van der Waals surface area contributed by atoms with Crippen molar-refractivity contribution in [3.05, 3.63) is 351 Å². The summed E-state index contributed by atoms with van der Waals surface area (Å²) in [6.45, 7) is 13.6. The van der Waals surface area contributed by atoms with Crippen LogP contribution in [0.15, 0.2) is 340 Å². The second-order valence-electron chi connectivity index (χ2n) is 25.1. The minimum atomic E-state index is 0.0846. The predicted molar refractivity (Wildman–Crippen MR) is 384 cm³/mol. The van der Waals surface area contributed by atoms with E-state index in [0.717, 1.165) is 102 Å². The summed E-state index contributed by atoms with van der Waals surface area (Å²) in [5, 5.41) is 0. The zero-order valence-electron chi connectivity index (χ0n) is 52.1. The lowest BCUT2D eigenvalue weighted by atomic mass is 9.87. The van der Waals surface area contributed by atoms with Crippen molar-refractivity contribution >= 4 is 68.2 Å². The van der Waals surface area contributed by atoms with E-state index in [1.54, 1.807) is 0 Å². The SMILES string of the molecule is CC(C)(C)c1ccc(N(c2ccccc2)c2ccc(-c3ccc(N(c4ccccc4)c4ccc(-c5ccc(-c6ccc(N(c7ccccc7)c7ccc(-c8ccc(N(c9ccccc9)c9ccc(C(C)(C)C)cc9)cc8)cc7)cc6)cc5)cc4)cc3)cc2)cc1. The molecule has 0 amide bonds. The summed E-state index contributed by atoms with van der Waals surface area (Å²) < 4.78 is 0. The fraction of sp³-hybridized carbons (Fsp3) is 0.0930. The first-order valence-electron chi connectivity index (χ1n) is 31.2. The standard InChI is InChI=1S/C86H74N4/c1-85(2,3)71-43-59-83(60-44-71)89(75-23-15-9-16-24-75)81-55-39-69(40-56-81)67-35-51-79(52-36-67)87(73-19-11-7-12-20-73)77-47-31-65(32-48-77)63-27-29-64(30-28-63)66-33-49-78(50-34-66)88(74-21-13-8-14-22-74)80-53-37-68(38-54-80)70-41-57-82(58-42-70)90(76-25-17-10-18-26-76)84-61-45-72(46-62-84)86(4,5)6/h7-62H,1-6H3. The molecule has 13 rings (SSSR count). The topological polar surface area (TPSA) is 13.0 Å². The number of anilines is 12. The van der Waals surface area contributed by atoms with Crippen LogP contribution in [-0.2, 0) is 10.8 Å². The van der Waals surface area contributed by atoms with Gasteiger partial charge in [0, 0.05) is 68.2 Å². The van der Waals surface area contributed by atoms with Gasteiger partial charge in [0.15, 0.2) is 0 Å². The van der Waals surface area contributed by atoms with E-state index in [1.807, 2.05) is 0 Å². The van der Waals surface area contributed by atoms with E-state index in [2.05, 4.69) is 401 Å². The Hall–Kier alpha value is -10.9. The minimum absolute atomic E-state index is 0.0846. The Labute approximate surface area is 532 Å². The van der Waals surface area contributed by atoms with Crippen molar-refractivity contribution in [2.24, 2.45) is 0 Å². The van der Waals surface area contributed by atoms with Crippen LogP contribution in [-0.4, -0.2) is 0 Å². The lowest BCUT2D eigenvalue weighted by Gasteiger charge is -2.27. The van der Waals surface area contributed by atoms with Crippen LogP contribution in [0, 0.1) is 0 Å². The highest BCUT2D eigenvalue weighted by atomic mass is 15.2. The zero-order valence-corrected chi connectivity index (χ0v) is 52.1. The van der Waals surface area contributed by atoms with E-state index in [4.69, 9.17) is 0 Å². The molecule has 4 heteroatoms. The predicted octanol–water partition coefficient (Wildman–Crippen LogP) is 24.8. The fourth-order valence-corrected chi connectivity index (χ4v) is 12.0. The molecule has 0 aliphatic rings. The van der Waals surface area contributed by atoms with Gasteiger partial charge in [-0.2, -0.15) is 0 Å². The highest BCUT2D eigenvalue weighted by Crippen LogP contribution is 2.43. The highest BCUT2D eigenvalue weighted by molar-refractivity contribution is 5.85.